The lowest BCUT2D eigenvalue weighted by atomic mass is 10.3. The normalized spacial score (nSPS) is 15.4. The van der Waals surface area contributed by atoms with Crippen molar-refractivity contribution in [1.82, 2.24) is 0 Å². The molecular formula is C21H19Cl2N2S2+. The molecule has 1 aromatic heterocycles. The molecule has 2 heterocycles. The lowest BCUT2D eigenvalue weighted by Crippen LogP contribution is -2.33. The molecule has 138 valence electrons. The van der Waals surface area contributed by atoms with Crippen LogP contribution in [-0.2, 0) is 6.54 Å². The molecule has 2 nitrogen and oxygen atoms in total. The van der Waals surface area contributed by atoms with E-state index < -0.39 is 0 Å². The highest BCUT2D eigenvalue weighted by molar-refractivity contribution is 8.03. The molecule has 0 spiro atoms. The number of thiazole rings is 1. The van der Waals surface area contributed by atoms with E-state index in [1.807, 2.05) is 24.3 Å². The van der Waals surface area contributed by atoms with Crippen molar-refractivity contribution in [2.75, 3.05) is 11.4 Å². The van der Waals surface area contributed by atoms with E-state index in [0.29, 0.717) is 0 Å². The molecule has 6 heteroatoms. The predicted octanol–water partition coefficient (Wildman–Crippen LogP) is 7.00. The van der Waals surface area contributed by atoms with Crippen molar-refractivity contribution in [2.24, 2.45) is 0 Å². The van der Waals surface area contributed by atoms with Crippen LogP contribution in [0.15, 0.2) is 58.5 Å². The maximum absolute atomic E-state index is 6.18. The number of allylic oxidation sites excluding steroid dienone is 2. The van der Waals surface area contributed by atoms with Gasteiger partial charge in [-0.05, 0) is 50.3 Å². The third-order valence-corrected chi connectivity index (χ3v) is 7.23. The van der Waals surface area contributed by atoms with Gasteiger partial charge in [0.2, 0.25) is 5.52 Å². The minimum absolute atomic E-state index is 0.775. The van der Waals surface area contributed by atoms with Gasteiger partial charge in [-0.1, -0.05) is 52.4 Å². The summed E-state index contributed by atoms with van der Waals surface area (Å²) in [5.74, 6) is 0. The fraction of sp³-hybridized carbons (Fsp3) is 0.190. The third-order valence-electron chi connectivity index (χ3n) is 4.49. The number of hydrogen-bond donors (Lipinski definition) is 0. The zero-order valence-electron chi connectivity index (χ0n) is 15.1. The second kappa shape index (κ2) is 7.88. The van der Waals surface area contributed by atoms with Gasteiger partial charge in [-0.3, -0.25) is 0 Å². The van der Waals surface area contributed by atoms with E-state index in [-0.39, 0.29) is 0 Å². The van der Waals surface area contributed by atoms with Crippen molar-refractivity contribution in [3.05, 3.63) is 68.6 Å². The zero-order chi connectivity index (χ0) is 19.0. The first kappa shape index (κ1) is 18.9. The molecule has 0 bridgehead atoms. The summed E-state index contributed by atoms with van der Waals surface area (Å²) in [7, 11) is 0. The summed E-state index contributed by atoms with van der Waals surface area (Å²) in [4.78, 5) is 3.55. The number of benzene rings is 2. The maximum atomic E-state index is 6.18. The third kappa shape index (κ3) is 3.64. The van der Waals surface area contributed by atoms with Crippen molar-refractivity contribution < 1.29 is 4.57 Å². The first-order valence-electron chi connectivity index (χ1n) is 8.86. The maximum Gasteiger partial charge on any atom is 0.262 e. The molecule has 0 N–H and O–H groups in total. The summed E-state index contributed by atoms with van der Waals surface area (Å²) < 4.78 is 3.55. The molecule has 2 aromatic carbocycles. The van der Waals surface area contributed by atoms with Crippen molar-refractivity contribution in [2.45, 2.75) is 25.3 Å². The minimum atomic E-state index is 0.775. The summed E-state index contributed by atoms with van der Waals surface area (Å²) >= 11 is 15.9. The lowest BCUT2D eigenvalue weighted by molar-refractivity contribution is -0.665. The lowest BCUT2D eigenvalue weighted by Gasteiger charge is -2.17. The van der Waals surface area contributed by atoms with Gasteiger partial charge in [0.05, 0.1) is 10.7 Å². The van der Waals surface area contributed by atoms with E-state index in [1.54, 1.807) is 23.1 Å². The van der Waals surface area contributed by atoms with E-state index in [4.69, 9.17) is 23.2 Å². The summed E-state index contributed by atoms with van der Waals surface area (Å²) in [6.45, 7) is 6.15. The summed E-state index contributed by atoms with van der Waals surface area (Å²) in [6.07, 6.45) is 6.50. The van der Waals surface area contributed by atoms with Crippen LogP contribution in [0.4, 0.5) is 5.69 Å². The zero-order valence-corrected chi connectivity index (χ0v) is 18.2. The highest BCUT2D eigenvalue weighted by Crippen LogP contribution is 2.46. The molecule has 1 aliphatic rings. The van der Waals surface area contributed by atoms with Gasteiger partial charge in [0, 0.05) is 33.6 Å². The first-order valence-corrected chi connectivity index (χ1v) is 11.2. The van der Waals surface area contributed by atoms with Gasteiger partial charge < -0.3 is 4.90 Å². The van der Waals surface area contributed by atoms with E-state index in [0.717, 1.165) is 23.1 Å². The number of fused-ring (bicyclic) bond motifs is 2. The Labute approximate surface area is 177 Å². The number of hydrogen-bond acceptors (Lipinski definition) is 3. The van der Waals surface area contributed by atoms with Crippen molar-refractivity contribution in [3.8, 4) is 0 Å². The second-order valence-corrected chi connectivity index (χ2v) is 9.12. The van der Waals surface area contributed by atoms with Crippen LogP contribution in [0.5, 0.6) is 0 Å². The van der Waals surface area contributed by atoms with Crippen LogP contribution >= 0.6 is 46.3 Å². The van der Waals surface area contributed by atoms with Gasteiger partial charge in [-0.15, -0.1) is 0 Å². The van der Waals surface area contributed by atoms with Crippen LogP contribution < -0.4 is 9.47 Å². The molecule has 0 saturated heterocycles. The van der Waals surface area contributed by atoms with Gasteiger partial charge in [-0.25, -0.2) is 0 Å². The molecule has 0 atom stereocenters. The molecule has 1 aliphatic heterocycles. The van der Waals surface area contributed by atoms with Crippen LogP contribution in [-0.4, -0.2) is 6.54 Å². The van der Waals surface area contributed by atoms with Gasteiger partial charge >= 0.3 is 0 Å². The Hall–Kier alpha value is -1.46. The van der Waals surface area contributed by atoms with Gasteiger partial charge in [-0.2, -0.15) is 4.57 Å². The van der Waals surface area contributed by atoms with E-state index in [1.165, 1.54) is 30.8 Å². The van der Waals surface area contributed by atoms with Gasteiger partial charge in [0.15, 0.2) is 0 Å². The topological polar surface area (TPSA) is 7.12 Å². The molecule has 0 radical (unpaired) electrons. The first-order chi connectivity index (χ1) is 13.1. The fourth-order valence-electron chi connectivity index (χ4n) is 3.26. The Morgan fingerprint density at radius 2 is 1.85 bits per heavy atom. The molecule has 0 aliphatic carbocycles. The Morgan fingerprint density at radius 3 is 2.63 bits per heavy atom. The fourth-order valence-corrected chi connectivity index (χ4v) is 5.83. The van der Waals surface area contributed by atoms with Gasteiger partial charge in [0.1, 0.15) is 11.2 Å². The number of halogens is 2. The SMILES string of the molecule is CCN1C(=CC=Cc2sc3ccc(Cl)cc3[n+]2CC)Sc2ccc(Cl)cc21. The molecular weight excluding hydrogens is 415 g/mol. The van der Waals surface area contributed by atoms with Gasteiger partial charge in [0.25, 0.3) is 5.01 Å². The monoisotopic (exact) mass is 433 g/mol. The van der Waals surface area contributed by atoms with Crippen molar-refractivity contribution in [3.63, 3.8) is 0 Å². The summed E-state index contributed by atoms with van der Waals surface area (Å²) in [5.41, 5.74) is 2.38. The molecule has 3 aromatic rings. The standard InChI is InChI=1S/C21H19Cl2N2S2/c1-3-24-16-12-14(22)8-10-18(16)26-20(24)6-5-7-21-25(4-2)17-13-15(23)9-11-19(17)27-21/h5-13H,3-4H2,1-2H3/q+1. The number of aromatic nitrogens is 1. The van der Waals surface area contributed by atoms with Crippen molar-refractivity contribution in [1.29, 1.82) is 0 Å². The van der Waals surface area contributed by atoms with E-state index in [2.05, 4.69) is 53.7 Å². The molecule has 0 fully saturated rings. The Kier molecular flexibility index (Phi) is 5.51. The molecule has 27 heavy (non-hydrogen) atoms. The summed E-state index contributed by atoms with van der Waals surface area (Å²) in [5, 5.41) is 3.99. The number of thioether (sulfide) groups is 1. The predicted molar refractivity (Wildman–Crippen MR) is 120 cm³/mol. The molecule has 4 rings (SSSR count). The smallest absolute Gasteiger partial charge is 0.262 e. The average Bonchev–Trinajstić information content (AvgIpc) is 3.18. The van der Waals surface area contributed by atoms with Crippen LogP contribution in [0, 0.1) is 0 Å². The molecule has 0 amide bonds. The number of aryl methyl sites for hydroxylation is 1. The highest BCUT2D eigenvalue weighted by Gasteiger charge is 2.23. The van der Waals surface area contributed by atoms with Crippen LogP contribution in [0.25, 0.3) is 16.3 Å². The van der Waals surface area contributed by atoms with Crippen LogP contribution in [0.3, 0.4) is 0 Å². The van der Waals surface area contributed by atoms with Crippen molar-refractivity contribution >= 4 is 68.3 Å². The average molecular weight is 434 g/mol. The van der Waals surface area contributed by atoms with Crippen LogP contribution in [0.1, 0.15) is 18.9 Å². The van der Waals surface area contributed by atoms with E-state index in [9.17, 15) is 0 Å². The summed E-state index contributed by atoms with van der Waals surface area (Å²) in [6, 6.07) is 12.2. The molecule has 0 unspecified atom stereocenters. The van der Waals surface area contributed by atoms with Crippen LogP contribution in [0.2, 0.25) is 10.0 Å². The minimum Gasteiger partial charge on any atom is -0.335 e. The number of nitrogens with zero attached hydrogens (tertiary/aromatic N) is 2. The second-order valence-electron chi connectivity index (χ2n) is 6.12. The van der Waals surface area contributed by atoms with E-state index >= 15 is 0 Å². The Bertz CT molecular complexity index is 1070. The highest BCUT2D eigenvalue weighted by atomic mass is 35.5. The largest absolute Gasteiger partial charge is 0.335 e. The number of anilines is 1. The Morgan fingerprint density at radius 1 is 1.07 bits per heavy atom. The molecule has 0 saturated carbocycles. The number of rotatable bonds is 4. The quantitative estimate of drug-likeness (QED) is 0.408. The Balaban J connectivity index is 1.65.